The Bertz CT molecular complexity index is 1010. The highest BCUT2D eigenvalue weighted by atomic mass is 16.6. The van der Waals surface area contributed by atoms with E-state index in [-0.39, 0.29) is 23.2 Å². The lowest BCUT2D eigenvalue weighted by Crippen LogP contribution is -2.18. The number of non-ortho nitro benzene ring substituents is 1. The highest BCUT2D eigenvalue weighted by Gasteiger charge is 2.18. The molecule has 0 aliphatic heterocycles. The predicted octanol–water partition coefficient (Wildman–Crippen LogP) is 2.74. The molecule has 3 aromatic rings. The fourth-order valence-corrected chi connectivity index (χ4v) is 2.58. The van der Waals surface area contributed by atoms with Crippen molar-refractivity contribution in [1.82, 2.24) is 4.98 Å². The van der Waals surface area contributed by atoms with Gasteiger partial charge in [-0.3, -0.25) is 19.7 Å². The van der Waals surface area contributed by atoms with E-state index in [4.69, 9.17) is 0 Å². The second kappa shape index (κ2) is 6.66. The van der Waals surface area contributed by atoms with Gasteiger partial charge in [-0.1, -0.05) is 18.2 Å². The van der Waals surface area contributed by atoms with Gasteiger partial charge in [0.1, 0.15) is 0 Å². The van der Waals surface area contributed by atoms with Gasteiger partial charge in [-0.25, -0.2) is 0 Å². The van der Waals surface area contributed by atoms with Gasteiger partial charge in [0.15, 0.2) is 5.78 Å². The molecule has 7 nitrogen and oxygen atoms in total. The summed E-state index contributed by atoms with van der Waals surface area (Å²) in [4.78, 5) is 37.1. The van der Waals surface area contributed by atoms with Gasteiger partial charge in [-0.05, 0) is 29.7 Å². The number of nitrogens with one attached hydrogen (secondary N) is 1. The number of aliphatic hydroxyl groups excluding tert-OH is 1. The van der Waals surface area contributed by atoms with Crippen LogP contribution in [0.4, 0.5) is 5.69 Å². The maximum absolute atomic E-state index is 12.2. The number of H-pyrrole nitrogens is 1. The lowest BCUT2D eigenvalue weighted by Gasteiger charge is -2.10. The fourth-order valence-electron chi connectivity index (χ4n) is 2.58. The molecule has 2 N–H and O–H groups in total. The van der Waals surface area contributed by atoms with Crippen LogP contribution < -0.4 is 5.56 Å². The van der Waals surface area contributed by atoms with E-state index in [0.717, 1.165) is 5.39 Å². The molecule has 0 saturated carbocycles. The molecule has 0 saturated heterocycles. The first-order valence-electron chi connectivity index (χ1n) is 7.53. The lowest BCUT2D eigenvalue weighted by molar-refractivity contribution is -0.384. The van der Waals surface area contributed by atoms with Crippen molar-refractivity contribution in [2.45, 2.75) is 12.5 Å². The number of benzene rings is 2. The summed E-state index contributed by atoms with van der Waals surface area (Å²) in [7, 11) is 0. The highest BCUT2D eigenvalue weighted by Crippen LogP contribution is 2.20. The minimum Gasteiger partial charge on any atom is -0.388 e. The number of nitro groups is 1. The molecule has 1 aromatic heterocycles. The number of pyridine rings is 1. The van der Waals surface area contributed by atoms with E-state index in [1.165, 1.54) is 24.3 Å². The van der Waals surface area contributed by atoms with Gasteiger partial charge in [-0.15, -0.1) is 0 Å². The second-order valence-corrected chi connectivity index (χ2v) is 5.59. The van der Waals surface area contributed by atoms with Crippen LogP contribution in [0.15, 0.2) is 59.4 Å². The molecule has 2 aromatic carbocycles. The lowest BCUT2D eigenvalue weighted by atomic mass is 10.00. The van der Waals surface area contributed by atoms with Crippen LogP contribution in [0.25, 0.3) is 10.9 Å². The maximum atomic E-state index is 12.2. The largest absolute Gasteiger partial charge is 0.388 e. The third-order valence-corrected chi connectivity index (χ3v) is 3.92. The number of aromatic nitrogens is 1. The number of aromatic amines is 1. The van der Waals surface area contributed by atoms with E-state index in [1.54, 1.807) is 30.3 Å². The Labute approximate surface area is 141 Å². The van der Waals surface area contributed by atoms with Crippen molar-refractivity contribution in [3.05, 3.63) is 86.2 Å². The number of nitro benzene ring substituents is 1. The Kier molecular flexibility index (Phi) is 4.40. The molecule has 0 spiro atoms. The Morgan fingerprint density at radius 2 is 1.84 bits per heavy atom. The normalized spacial score (nSPS) is 12.0. The van der Waals surface area contributed by atoms with Crippen LogP contribution in [0.1, 0.15) is 28.4 Å². The van der Waals surface area contributed by atoms with Gasteiger partial charge in [0.25, 0.3) is 11.2 Å². The number of hydrogen-bond donors (Lipinski definition) is 2. The maximum Gasteiger partial charge on any atom is 0.269 e. The van der Waals surface area contributed by atoms with Crippen molar-refractivity contribution in [2.24, 2.45) is 0 Å². The number of para-hydroxylation sites is 1. The molecule has 7 heteroatoms. The Morgan fingerprint density at radius 1 is 1.16 bits per heavy atom. The van der Waals surface area contributed by atoms with Crippen molar-refractivity contribution >= 4 is 22.4 Å². The molecular weight excluding hydrogens is 324 g/mol. The van der Waals surface area contributed by atoms with Crippen LogP contribution in [0.5, 0.6) is 0 Å². The quantitative estimate of drug-likeness (QED) is 0.422. The zero-order chi connectivity index (χ0) is 18.0. The average molecular weight is 338 g/mol. The third kappa shape index (κ3) is 3.46. The number of ketones is 1. The molecule has 25 heavy (non-hydrogen) atoms. The number of nitrogens with zero attached hydrogens (tertiary/aromatic N) is 1. The molecule has 0 aliphatic carbocycles. The zero-order valence-electron chi connectivity index (χ0n) is 13.0. The third-order valence-electron chi connectivity index (χ3n) is 3.92. The molecule has 0 radical (unpaired) electrons. The van der Waals surface area contributed by atoms with E-state index in [9.17, 15) is 24.8 Å². The molecule has 0 bridgehead atoms. The molecule has 126 valence electrons. The molecule has 1 heterocycles. The van der Waals surface area contributed by atoms with Gasteiger partial charge < -0.3 is 10.1 Å². The number of carbonyl (C=O) groups is 1. The van der Waals surface area contributed by atoms with E-state index >= 15 is 0 Å². The monoisotopic (exact) mass is 338 g/mol. The number of hydrogen-bond acceptors (Lipinski definition) is 5. The molecule has 0 aliphatic rings. The number of carbonyl (C=O) groups excluding carboxylic acids is 1. The molecule has 3 rings (SSSR count). The second-order valence-electron chi connectivity index (χ2n) is 5.59. The summed E-state index contributed by atoms with van der Waals surface area (Å²) < 4.78 is 0. The van der Waals surface area contributed by atoms with Crippen LogP contribution in [-0.4, -0.2) is 20.8 Å². The Balaban J connectivity index is 1.83. The Hall–Kier alpha value is -3.32. The van der Waals surface area contributed by atoms with Gasteiger partial charge >= 0.3 is 0 Å². The van der Waals surface area contributed by atoms with Gasteiger partial charge in [0.05, 0.1) is 11.0 Å². The first-order valence-corrected chi connectivity index (χ1v) is 7.53. The SMILES string of the molecule is O=C(CC(O)c1cc2ccccc2[nH]c1=O)c1ccc([N+](=O)[O-])cc1. The fraction of sp³-hybridized carbons (Fsp3) is 0.111. The van der Waals surface area contributed by atoms with Crippen LogP contribution in [0, 0.1) is 10.1 Å². The van der Waals surface area contributed by atoms with Gasteiger partial charge in [0.2, 0.25) is 0 Å². The molecule has 0 amide bonds. The van der Waals surface area contributed by atoms with Crippen LogP contribution in [0.2, 0.25) is 0 Å². The summed E-state index contributed by atoms with van der Waals surface area (Å²) in [5.74, 6) is -0.407. The number of aliphatic hydroxyl groups is 1. The summed E-state index contributed by atoms with van der Waals surface area (Å²) in [5, 5.41) is 21.7. The number of Topliss-reactive ketones (excluding diaryl/α,β-unsaturated/α-hetero) is 1. The average Bonchev–Trinajstić information content (AvgIpc) is 2.61. The summed E-state index contributed by atoms with van der Waals surface area (Å²) in [6.07, 6.45) is -1.56. The van der Waals surface area contributed by atoms with Crippen LogP contribution in [0.3, 0.4) is 0 Å². The molecular formula is C18H14N2O5. The van der Waals surface area contributed by atoms with Crippen LogP contribution >= 0.6 is 0 Å². The Morgan fingerprint density at radius 3 is 2.52 bits per heavy atom. The number of rotatable bonds is 5. The van der Waals surface area contributed by atoms with E-state index < -0.39 is 22.4 Å². The van der Waals surface area contributed by atoms with Gasteiger partial charge in [0, 0.05) is 35.2 Å². The minimum atomic E-state index is -1.27. The topological polar surface area (TPSA) is 113 Å². The van der Waals surface area contributed by atoms with Crippen molar-refractivity contribution in [3.63, 3.8) is 0 Å². The predicted molar refractivity (Wildman–Crippen MR) is 91.6 cm³/mol. The molecule has 0 fully saturated rings. The summed E-state index contributed by atoms with van der Waals surface area (Å²) in [6.45, 7) is 0. The van der Waals surface area contributed by atoms with Crippen molar-refractivity contribution in [2.75, 3.05) is 0 Å². The molecule has 1 atom stereocenters. The minimum absolute atomic E-state index is 0.106. The number of fused-ring (bicyclic) bond motifs is 1. The zero-order valence-corrected chi connectivity index (χ0v) is 13.0. The van der Waals surface area contributed by atoms with Crippen LogP contribution in [-0.2, 0) is 0 Å². The highest BCUT2D eigenvalue weighted by molar-refractivity contribution is 5.96. The van der Waals surface area contributed by atoms with E-state index in [0.29, 0.717) is 5.52 Å². The first-order chi connectivity index (χ1) is 12.0. The standard InChI is InChI=1S/C18H14N2O5/c21-16(11-5-7-13(8-6-11)20(24)25)10-17(22)14-9-12-3-1-2-4-15(12)19-18(14)23/h1-9,17,22H,10H2,(H,19,23). The van der Waals surface area contributed by atoms with E-state index in [2.05, 4.69) is 4.98 Å². The summed E-state index contributed by atoms with van der Waals surface area (Å²) >= 11 is 0. The first kappa shape index (κ1) is 16.5. The summed E-state index contributed by atoms with van der Waals surface area (Å²) in [6, 6.07) is 13.8. The van der Waals surface area contributed by atoms with Crippen molar-refractivity contribution in [1.29, 1.82) is 0 Å². The van der Waals surface area contributed by atoms with Crippen molar-refractivity contribution < 1.29 is 14.8 Å². The summed E-state index contributed by atoms with van der Waals surface area (Å²) in [5.41, 5.74) is 0.409. The smallest absolute Gasteiger partial charge is 0.269 e. The van der Waals surface area contributed by atoms with Gasteiger partial charge in [-0.2, -0.15) is 0 Å². The van der Waals surface area contributed by atoms with Crippen molar-refractivity contribution in [3.8, 4) is 0 Å². The molecule has 1 unspecified atom stereocenters. The van der Waals surface area contributed by atoms with E-state index in [1.807, 2.05) is 0 Å².